The van der Waals surface area contributed by atoms with Gasteiger partial charge in [-0.15, -0.1) is 0 Å². The molecule has 3 unspecified atom stereocenters. The number of esters is 1. The molecular weight excluding hydrogens is 302 g/mol. The number of nitrogens with one attached hydrogen (secondary N) is 1. The summed E-state index contributed by atoms with van der Waals surface area (Å²) in [6, 6.07) is -0.801. The van der Waals surface area contributed by atoms with E-state index >= 15 is 0 Å². The van der Waals surface area contributed by atoms with Crippen molar-refractivity contribution in [3.63, 3.8) is 0 Å². The first kappa shape index (κ1) is 21.1. The van der Waals surface area contributed by atoms with Gasteiger partial charge in [-0.05, 0) is 27.7 Å². The monoisotopic (exact) mass is 329 g/mol. The van der Waals surface area contributed by atoms with Crippen LogP contribution in [-0.4, -0.2) is 40.4 Å². The fourth-order valence-corrected chi connectivity index (χ4v) is 1.73. The number of amides is 1. The van der Waals surface area contributed by atoms with E-state index in [2.05, 4.69) is 5.32 Å². The molecule has 7 nitrogen and oxygen atoms in total. The molecule has 0 bridgehead atoms. The number of rotatable bonds is 8. The summed E-state index contributed by atoms with van der Waals surface area (Å²) in [5.74, 6) is -3.80. The highest BCUT2D eigenvalue weighted by atomic mass is 16.6. The third-order valence-electron chi connectivity index (χ3n) is 3.11. The minimum Gasteiger partial charge on any atom is -0.481 e. The zero-order valence-corrected chi connectivity index (χ0v) is 14.6. The molecule has 0 aromatic heterocycles. The van der Waals surface area contributed by atoms with Crippen LogP contribution in [-0.2, 0) is 23.9 Å². The van der Waals surface area contributed by atoms with Crippen LogP contribution < -0.4 is 5.32 Å². The summed E-state index contributed by atoms with van der Waals surface area (Å²) >= 11 is 0. The number of carboxylic acids is 1. The van der Waals surface area contributed by atoms with Gasteiger partial charge in [-0.25, -0.2) is 0 Å². The van der Waals surface area contributed by atoms with Crippen molar-refractivity contribution in [3.05, 3.63) is 0 Å². The molecule has 0 aliphatic heterocycles. The summed E-state index contributed by atoms with van der Waals surface area (Å²) in [7, 11) is 0. The van der Waals surface area contributed by atoms with Gasteiger partial charge < -0.3 is 15.2 Å². The Hall–Kier alpha value is -1.92. The van der Waals surface area contributed by atoms with E-state index < -0.39 is 41.3 Å². The Labute approximate surface area is 136 Å². The van der Waals surface area contributed by atoms with E-state index in [1.807, 2.05) is 0 Å². The molecule has 0 aliphatic carbocycles. The highest BCUT2D eigenvalue weighted by Gasteiger charge is 2.26. The fraction of sp³-hybridized carbons (Fsp3) is 0.750. The molecule has 0 saturated carbocycles. The molecule has 0 rings (SSSR count). The molecule has 0 aromatic rings. The average molecular weight is 329 g/mol. The Morgan fingerprint density at radius 2 is 1.52 bits per heavy atom. The van der Waals surface area contributed by atoms with Crippen LogP contribution in [0.1, 0.15) is 54.4 Å². The predicted octanol–water partition coefficient (Wildman–Crippen LogP) is 1.54. The standard InChI is InChI=1S/C16H27NO6/c1-9(8-13(19)23-16(4,5)6)14(20)17-11(3)12(18)7-10(2)15(21)22/h9-11H,7-8H2,1-6H3,(H,17,20)(H,21,22). The van der Waals surface area contributed by atoms with Crippen molar-refractivity contribution in [1.29, 1.82) is 0 Å². The van der Waals surface area contributed by atoms with E-state index in [4.69, 9.17) is 9.84 Å². The topological polar surface area (TPSA) is 110 Å². The Morgan fingerprint density at radius 3 is 1.96 bits per heavy atom. The maximum Gasteiger partial charge on any atom is 0.307 e. The Balaban J connectivity index is 4.43. The zero-order valence-electron chi connectivity index (χ0n) is 14.6. The maximum absolute atomic E-state index is 12.0. The molecule has 0 radical (unpaired) electrons. The van der Waals surface area contributed by atoms with Crippen LogP contribution in [0.3, 0.4) is 0 Å². The molecule has 0 heterocycles. The first-order valence-electron chi connectivity index (χ1n) is 7.61. The van der Waals surface area contributed by atoms with Gasteiger partial charge in [0.25, 0.3) is 0 Å². The van der Waals surface area contributed by atoms with Crippen molar-refractivity contribution in [2.45, 2.75) is 66.0 Å². The molecular formula is C16H27NO6. The van der Waals surface area contributed by atoms with Crippen LogP contribution in [0, 0.1) is 11.8 Å². The lowest BCUT2D eigenvalue weighted by Crippen LogP contribution is -2.42. The lowest BCUT2D eigenvalue weighted by Gasteiger charge is -2.21. The minimum absolute atomic E-state index is 0.0878. The number of carbonyl (C=O) groups is 4. The number of hydrogen-bond acceptors (Lipinski definition) is 5. The summed E-state index contributed by atoms with van der Waals surface area (Å²) in [6.07, 6.45) is -0.243. The second-order valence-corrected chi connectivity index (χ2v) is 6.83. The van der Waals surface area contributed by atoms with Crippen LogP contribution in [0.15, 0.2) is 0 Å². The van der Waals surface area contributed by atoms with Gasteiger partial charge in [0, 0.05) is 12.3 Å². The van der Waals surface area contributed by atoms with Crippen molar-refractivity contribution in [2.75, 3.05) is 0 Å². The highest BCUT2D eigenvalue weighted by Crippen LogP contribution is 2.12. The SMILES string of the molecule is CC(CC(=O)C(C)NC(=O)C(C)CC(=O)OC(C)(C)C)C(=O)O. The third kappa shape index (κ3) is 8.95. The molecule has 0 aromatic carbocycles. The molecule has 132 valence electrons. The van der Waals surface area contributed by atoms with Crippen LogP contribution in [0.2, 0.25) is 0 Å². The van der Waals surface area contributed by atoms with E-state index in [1.165, 1.54) is 13.8 Å². The van der Waals surface area contributed by atoms with E-state index in [0.29, 0.717) is 0 Å². The first-order valence-corrected chi connectivity index (χ1v) is 7.61. The second kappa shape index (κ2) is 8.64. The first-order chi connectivity index (χ1) is 10.3. The fourth-order valence-electron chi connectivity index (χ4n) is 1.73. The van der Waals surface area contributed by atoms with Gasteiger partial charge in [0.05, 0.1) is 18.4 Å². The number of Topliss-reactive ketones (excluding diaryl/α,β-unsaturated/α-hetero) is 1. The van der Waals surface area contributed by atoms with Crippen LogP contribution >= 0.6 is 0 Å². The van der Waals surface area contributed by atoms with Gasteiger partial charge in [-0.1, -0.05) is 13.8 Å². The van der Waals surface area contributed by atoms with E-state index in [9.17, 15) is 19.2 Å². The van der Waals surface area contributed by atoms with Crippen LogP contribution in [0.5, 0.6) is 0 Å². The lowest BCUT2D eigenvalue weighted by atomic mass is 10.00. The molecule has 2 N–H and O–H groups in total. The Kier molecular flexibility index (Phi) is 7.92. The van der Waals surface area contributed by atoms with Gasteiger partial charge in [-0.2, -0.15) is 0 Å². The molecule has 0 saturated heterocycles. The molecule has 3 atom stereocenters. The summed E-state index contributed by atoms with van der Waals surface area (Å²) in [6.45, 7) is 9.70. The van der Waals surface area contributed by atoms with Gasteiger partial charge in [0.15, 0.2) is 5.78 Å². The lowest BCUT2D eigenvalue weighted by molar-refractivity contribution is -0.157. The second-order valence-electron chi connectivity index (χ2n) is 6.83. The largest absolute Gasteiger partial charge is 0.481 e. The number of hydrogen-bond donors (Lipinski definition) is 2. The maximum atomic E-state index is 12.0. The number of aliphatic carboxylic acids is 1. The van der Waals surface area contributed by atoms with Crippen LogP contribution in [0.25, 0.3) is 0 Å². The van der Waals surface area contributed by atoms with Crippen molar-refractivity contribution in [1.82, 2.24) is 5.32 Å². The molecule has 0 aliphatic rings. The normalized spacial score (nSPS) is 15.2. The smallest absolute Gasteiger partial charge is 0.307 e. The number of ketones is 1. The molecule has 7 heteroatoms. The summed E-state index contributed by atoms with van der Waals surface area (Å²) in [5.41, 5.74) is -0.622. The van der Waals surface area contributed by atoms with E-state index in [0.717, 1.165) is 0 Å². The van der Waals surface area contributed by atoms with Gasteiger partial charge in [0.2, 0.25) is 5.91 Å². The number of ether oxygens (including phenoxy) is 1. The average Bonchev–Trinajstić information content (AvgIpc) is 2.35. The van der Waals surface area contributed by atoms with Gasteiger partial charge in [0.1, 0.15) is 5.60 Å². The number of carboxylic acid groups (broad SMARTS) is 1. The van der Waals surface area contributed by atoms with Crippen molar-refractivity contribution in [2.24, 2.45) is 11.8 Å². The van der Waals surface area contributed by atoms with Crippen molar-refractivity contribution >= 4 is 23.6 Å². The summed E-state index contributed by atoms with van der Waals surface area (Å²) in [5, 5.41) is 11.3. The van der Waals surface area contributed by atoms with E-state index in [-0.39, 0.29) is 18.6 Å². The van der Waals surface area contributed by atoms with Crippen LogP contribution in [0.4, 0.5) is 0 Å². The minimum atomic E-state index is -1.06. The molecule has 23 heavy (non-hydrogen) atoms. The summed E-state index contributed by atoms with van der Waals surface area (Å²) in [4.78, 5) is 46.3. The summed E-state index contributed by atoms with van der Waals surface area (Å²) < 4.78 is 5.14. The number of carbonyl (C=O) groups excluding carboxylic acids is 3. The van der Waals surface area contributed by atoms with Gasteiger partial charge in [-0.3, -0.25) is 19.2 Å². The van der Waals surface area contributed by atoms with Crippen molar-refractivity contribution in [3.8, 4) is 0 Å². The molecule has 0 fully saturated rings. The molecule has 1 amide bonds. The quantitative estimate of drug-likeness (QED) is 0.654. The van der Waals surface area contributed by atoms with Gasteiger partial charge >= 0.3 is 11.9 Å². The Morgan fingerprint density at radius 1 is 1.00 bits per heavy atom. The van der Waals surface area contributed by atoms with E-state index in [1.54, 1.807) is 27.7 Å². The molecule has 0 spiro atoms. The predicted molar refractivity (Wildman–Crippen MR) is 83.7 cm³/mol. The van der Waals surface area contributed by atoms with Crippen molar-refractivity contribution < 1.29 is 29.0 Å². The zero-order chi connectivity index (χ0) is 18.4. The highest BCUT2D eigenvalue weighted by molar-refractivity contribution is 5.92. The third-order valence-corrected chi connectivity index (χ3v) is 3.11. The Bertz CT molecular complexity index is 466.